The number of nitrogens with zero attached hydrogens (tertiary/aromatic N) is 6. The highest BCUT2D eigenvalue weighted by Gasteiger charge is 2.15. The molecule has 0 unspecified atom stereocenters. The van der Waals surface area contributed by atoms with Crippen molar-refractivity contribution in [1.82, 2.24) is 29.5 Å². The van der Waals surface area contributed by atoms with Crippen LogP contribution in [0.5, 0.6) is 0 Å². The molecule has 8 nitrogen and oxygen atoms in total. The number of aromatic nitrogens is 6. The predicted octanol–water partition coefficient (Wildman–Crippen LogP) is 3.72. The Kier molecular flexibility index (Phi) is 6.08. The van der Waals surface area contributed by atoms with Gasteiger partial charge in [-0.15, -0.1) is 10.2 Å². The van der Waals surface area contributed by atoms with E-state index in [9.17, 15) is 9.18 Å². The van der Waals surface area contributed by atoms with Gasteiger partial charge in [-0.25, -0.2) is 14.1 Å². The van der Waals surface area contributed by atoms with Gasteiger partial charge in [0.15, 0.2) is 16.8 Å². The Labute approximate surface area is 182 Å². The number of hydrogen-bond donors (Lipinski definition) is 1. The fourth-order valence-electron chi connectivity index (χ4n) is 3.11. The molecule has 1 amide bonds. The van der Waals surface area contributed by atoms with E-state index in [0.29, 0.717) is 17.4 Å². The average molecular weight is 438 g/mol. The van der Waals surface area contributed by atoms with Crippen molar-refractivity contribution in [3.63, 3.8) is 0 Å². The standard InChI is InChI=1S/C21H20FN7OS/c1-3-28-20(15-6-4-5-14(2)9-15)26-27-21(28)31-11-19(30)25-16-7-8-18(17(22)10-16)29-13-23-12-24-29/h4-10,12-13H,3,11H2,1-2H3,(H,25,30). The molecule has 0 radical (unpaired) electrons. The van der Waals surface area contributed by atoms with Crippen LogP contribution < -0.4 is 5.32 Å². The first-order valence-corrected chi connectivity index (χ1v) is 10.6. The van der Waals surface area contributed by atoms with Crippen LogP contribution >= 0.6 is 11.8 Å². The molecule has 0 aliphatic heterocycles. The first-order valence-electron chi connectivity index (χ1n) is 9.62. The molecular weight excluding hydrogens is 417 g/mol. The lowest BCUT2D eigenvalue weighted by Gasteiger charge is -2.09. The summed E-state index contributed by atoms with van der Waals surface area (Å²) in [5.74, 6) is 0.114. The number of aryl methyl sites for hydroxylation is 1. The van der Waals surface area contributed by atoms with Gasteiger partial charge in [0.1, 0.15) is 18.3 Å². The van der Waals surface area contributed by atoms with Crippen LogP contribution in [-0.2, 0) is 11.3 Å². The third kappa shape index (κ3) is 4.64. The number of amides is 1. The van der Waals surface area contributed by atoms with Gasteiger partial charge in [0, 0.05) is 17.8 Å². The van der Waals surface area contributed by atoms with E-state index >= 15 is 0 Å². The van der Waals surface area contributed by atoms with E-state index in [1.54, 1.807) is 6.07 Å². The third-order valence-electron chi connectivity index (χ3n) is 4.54. The molecule has 31 heavy (non-hydrogen) atoms. The SMILES string of the molecule is CCn1c(SCC(=O)Nc2ccc(-n3cncn3)c(F)c2)nnc1-c1cccc(C)c1. The van der Waals surface area contributed by atoms with Crippen LogP contribution in [0.15, 0.2) is 60.3 Å². The normalized spacial score (nSPS) is 10.9. The van der Waals surface area contributed by atoms with Crippen molar-refractivity contribution >= 4 is 23.4 Å². The Balaban J connectivity index is 1.42. The minimum atomic E-state index is -0.510. The van der Waals surface area contributed by atoms with E-state index < -0.39 is 5.82 Å². The summed E-state index contributed by atoms with van der Waals surface area (Å²) in [7, 11) is 0. The van der Waals surface area contributed by atoms with E-state index in [2.05, 4.69) is 31.7 Å². The number of thioether (sulfide) groups is 1. The van der Waals surface area contributed by atoms with Crippen molar-refractivity contribution in [2.75, 3.05) is 11.1 Å². The summed E-state index contributed by atoms with van der Waals surface area (Å²) in [4.78, 5) is 16.2. The maximum Gasteiger partial charge on any atom is 0.234 e. The predicted molar refractivity (Wildman–Crippen MR) is 117 cm³/mol. The summed E-state index contributed by atoms with van der Waals surface area (Å²) in [6.45, 7) is 4.71. The summed E-state index contributed by atoms with van der Waals surface area (Å²) < 4.78 is 17.6. The van der Waals surface area contributed by atoms with Crippen LogP contribution in [-0.4, -0.2) is 41.2 Å². The van der Waals surface area contributed by atoms with E-state index in [-0.39, 0.29) is 17.3 Å². The van der Waals surface area contributed by atoms with Gasteiger partial charge >= 0.3 is 0 Å². The lowest BCUT2D eigenvalue weighted by molar-refractivity contribution is -0.113. The fourth-order valence-corrected chi connectivity index (χ4v) is 3.91. The highest BCUT2D eigenvalue weighted by Crippen LogP contribution is 2.25. The largest absolute Gasteiger partial charge is 0.325 e. The van der Waals surface area contributed by atoms with Crippen LogP contribution in [0, 0.1) is 12.7 Å². The lowest BCUT2D eigenvalue weighted by atomic mass is 10.1. The number of anilines is 1. The molecule has 2 aromatic heterocycles. The topological polar surface area (TPSA) is 90.5 Å². The summed E-state index contributed by atoms with van der Waals surface area (Å²) in [6, 6.07) is 12.5. The second-order valence-corrected chi connectivity index (χ2v) is 7.71. The summed E-state index contributed by atoms with van der Waals surface area (Å²) in [5.41, 5.74) is 2.74. The molecule has 158 valence electrons. The highest BCUT2D eigenvalue weighted by molar-refractivity contribution is 7.99. The van der Waals surface area contributed by atoms with Crippen molar-refractivity contribution in [1.29, 1.82) is 0 Å². The second-order valence-electron chi connectivity index (χ2n) is 6.76. The van der Waals surface area contributed by atoms with Gasteiger partial charge in [0.2, 0.25) is 5.91 Å². The quantitative estimate of drug-likeness (QED) is 0.443. The first-order chi connectivity index (χ1) is 15.0. The van der Waals surface area contributed by atoms with Crippen LogP contribution in [0.2, 0.25) is 0 Å². The smallest absolute Gasteiger partial charge is 0.234 e. The number of carbonyl (C=O) groups is 1. The van der Waals surface area contributed by atoms with Gasteiger partial charge in [-0.1, -0.05) is 35.5 Å². The molecule has 0 saturated heterocycles. The fraction of sp³-hybridized carbons (Fsp3) is 0.190. The zero-order valence-electron chi connectivity index (χ0n) is 17.0. The Hall–Kier alpha value is -3.53. The summed E-state index contributed by atoms with van der Waals surface area (Å²) in [6.07, 6.45) is 2.73. The van der Waals surface area contributed by atoms with Crippen LogP contribution in [0.4, 0.5) is 10.1 Å². The number of hydrogen-bond acceptors (Lipinski definition) is 6. The van der Waals surface area contributed by atoms with Crippen LogP contribution in [0.25, 0.3) is 17.1 Å². The van der Waals surface area contributed by atoms with Crippen LogP contribution in [0.3, 0.4) is 0 Å². The zero-order chi connectivity index (χ0) is 21.8. The minimum Gasteiger partial charge on any atom is -0.325 e. The second kappa shape index (κ2) is 9.09. The first kappa shape index (κ1) is 20.7. The minimum absolute atomic E-state index is 0.123. The highest BCUT2D eigenvalue weighted by atomic mass is 32.2. The van der Waals surface area contributed by atoms with Gasteiger partial charge in [0.05, 0.1) is 5.75 Å². The molecule has 0 fully saturated rings. The molecule has 0 bridgehead atoms. The van der Waals surface area contributed by atoms with Gasteiger partial charge in [-0.05, 0) is 38.1 Å². The van der Waals surface area contributed by atoms with Crippen molar-refractivity contribution in [3.05, 3.63) is 66.5 Å². The molecule has 0 saturated carbocycles. The number of rotatable bonds is 7. The molecular formula is C21H20FN7OS. The molecule has 0 aliphatic carbocycles. The monoisotopic (exact) mass is 437 g/mol. The lowest BCUT2D eigenvalue weighted by Crippen LogP contribution is -2.15. The molecule has 0 spiro atoms. The maximum atomic E-state index is 14.3. The number of halogens is 1. The van der Waals surface area contributed by atoms with Crippen LogP contribution in [0.1, 0.15) is 12.5 Å². The molecule has 4 rings (SSSR count). The molecule has 10 heteroatoms. The van der Waals surface area contributed by atoms with Crippen molar-refractivity contribution in [2.45, 2.75) is 25.5 Å². The Bertz CT molecular complexity index is 1210. The molecule has 2 heterocycles. The zero-order valence-corrected chi connectivity index (χ0v) is 17.8. The molecule has 1 N–H and O–H groups in total. The van der Waals surface area contributed by atoms with Gasteiger partial charge in [-0.2, -0.15) is 5.10 Å². The van der Waals surface area contributed by atoms with E-state index in [1.807, 2.05) is 36.6 Å². The number of benzene rings is 2. The molecule has 4 aromatic rings. The maximum absolute atomic E-state index is 14.3. The summed E-state index contributed by atoms with van der Waals surface area (Å²) in [5, 5.41) is 15.8. The van der Waals surface area contributed by atoms with E-state index in [0.717, 1.165) is 17.0 Å². The molecule has 0 aliphatic rings. The Morgan fingerprint density at radius 2 is 2.06 bits per heavy atom. The van der Waals surface area contributed by atoms with Crippen molar-refractivity contribution in [2.24, 2.45) is 0 Å². The summed E-state index contributed by atoms with van der Waals surface area (Å²) >= 11 is 1.29. The molecule has 0 atom stereocenters. The van der Waals surface area contributed by atoms with Crippen molar-refractivity contribution < 1.29 is 9.18 Å². The van der Waals surface area contributed by atoms with Gasteiger partial charge < -0.3 is 9.88 Å². The third-order valence-corrected chi connectivity index (χ3v) is 5.51. The van der Waals surface area contributed by atoms with Crippen molar-refractivity contribution in [3.8, 4) is 17.1 Å². The number of carbonyl (C=O) groups excluding carboxylic acids is 1. The van der Waals surface area contributed by atoms with Gasteiger partial charge in [-0.3, -0.25) is 4.79 Å². The average Bonchev–Trinajstić information content (AvgIpc) is 3.42. The molecule has 2 aromatic carbocycles. The Morgan fingerprint density at radius 1 is 1.19 bits per heavy atom. The van der Waals surface area contributed by atoms with E-state index in [1.165, 1.54) is 41.2 Å². The van der Waals surface area contributed by atoms with E-state index in [4.69, 9.17) is 0 Å². The number of nitrogens with one attached hydrogen (secondary N) is 1. The van der Waals surface area contributed by atoms with Gasteiger partial charge in [0.25, 0.3) is 0 Å². The Morgan fingerprint density at radius 3 is 2.77 bits per heavy atom.